The molecule has 1 aliphatic heterocycles. The summed E-state index contributed by atoms with van der Waals surface area (Å²) in [6, 6.07) is 25.6. The van der Waals surface area contributed by atoms with E-state index in [4.69, 9.17) is 9.97 Å². The van der Waals surface area contributed by atoms with E-state index >= 15 is 0 Å². The van der Waals surface area contributed by atoms with Crippen LogP contribution in [0.1, 0.15) is 22.6 Å². The van der Waals surface area contributed by atoms with Crippen molar-refractivity contribution in [3.8, 4) is 0 Å². The number of aromatic nitrogens is 4. The Balaban J connectivity index is 1.72. The number of nitrogens with zero attached hydrogens (tertiary/aromatic N) is 2. The van der Waals surface area contributed by atoms with E-state index in [1.807, 2.05) is 78.9 Å². The van der Waals surface area contributed by atoms with Crippen molar-refractivity contribution in [3.05, 3.63) is 116 Å². The fourth-order valence-corrected chi connectivity index (χ4v) is 5.08. The number of anilines is 2. The lowest BCUT2D eigenvalue weighted by Gasteiger charge is -2.30. The van der Waals surface area contributed by atoms with Crippen molar-refractivity contribution in [2.75, 3.05) is 5.32 Å². The molecule has 1 atom stereocenters. The second kappa shape index (κ2) is 6.86. The van der Waals surface area contributed by atoms with Gasteiger partial charge in [-0.05, 0) is 17.7 Å². The molecule has 1 unspecified atom stereocenters. The number of hydrogen-bond donors (Lipinski definition) is 3. The van der Waals surface area contributed by atoms with Crippen LogP contribution in [0.5, 0.6) is 0 Å². The molecule has 0 saturated heterocycles. The van der Waals surface area contributed by atoms with E-state index in [-0.39, 0.29) is 0 Å². The first-order valence-electron chi connectivity index (χ1n) is 11.0. The Labute approximate surface area is 192 Å². The number of aromatic amines is 2. The van der Waals surface area contributed by atoms with Gasteiger partial charge in [-0.1, -0.05) is 66.7 Å². The maximum absolute atomic E-state index is 13.1. The molecule has 0 bridgehead atoms. The van der Waals surface area contributed by atoms with E-state index in [2.05, 4.69) is 15.3 Å². The molecule has 7 heteroatoms. The fraction of sp³-hybridized carbons (Fsp3) is 0.0370. The average molecular weight is 443 g/mol. The van der Waals surface area contributed by atoms with E-state index < -0.39 is 17.2 Å². The monoisotopic (exact) mass is 443 g/mol. The molecule has 3 heterocycles. The number of nitrogens with one attached hydrogen (secondary N) is 3. The van der Waals surface area contributed by atoms with Crippen LogP contribution in [0, 0.1) is 0 Å². The van der Waals surface area contributed by atoms with E-state index in [9.17, 15) is 9.59 Å². The van der Waals surface area contributed by atoms with Crippen LogP contribution in [0.2, 0.25) is 0 Å². The average Bonchev–Trinajstić information content (AvgIpc) is 2.87. The van der Waals surface area contributed by atoms with Gasteiger partial charge in [-0.3, -0.25) is 14.8 Å². The van der Waals surface area contributed by atoms with Crippen molar-refractivity contribution in [2.24, 2.45) is 0 Å². The molecule has 2 aromatic heterocycles. The zero-order valence-electron chi connectivity index (χ0n) is 17.8. The molecule has 0 saturated carbocycles. The van der Waals surface area contributed by atoms with Gasteiger partial charge in [0.25, 0.3) is 5.56 Å². The SMILES string of the molecule is O=c1[nH]c2c(c(=O)[nH]1)C(c1ccccc1)c1c(c3ccccc3c3nc4ccccc4nc13)N2. The molecule has 6 aromatic rings. The van der Waals surface area contributed by atoms with Crippen LogP contribution in [0.4, 0.5) is 11.5 Å². The van der Waals surface area contributed by atoms with Crippen LogP contribution in [0.25, 0.3) is 32.8 Å². The van der Waals surface area contributed by atoms with Crippen molar-refractivity contribution in [1.82, 2.24) is 19.9 Å². The molecular weight excluding hydrogens is 426 g/mol. The highest BCUT2D eigenvalue weighted by Gasteiger charge is 2.34. The quantitative estimate of drug-likeness (QED) is 0.255. The summed E-state index contributed by atoms with van der Waals surface area (Å²) in [5.41, 5.74) is 5.16. The van der Waals surface area contributed by atoms with Gasteiger partial charge >= 0.3 is 5.69 Å². The predicted molar refractivity (Wildman–Crippen MR) is 133 cm³/mol. The highest BCUT2D eigenvalue weighted by molar-refractivity contribution is 6.15. The summed E-state index contributed by atoms with van der Waals surface area (Å²) in [5, 5.41) is 5.26. The van der Waals surface area contributed by atoms with Crippen molar-refractivity contribution in [1.29, 1.82) is 0 Å². The van der Waals surface area contributed by atoms with Gasteiger partial charge in [-0.15, -0.1) is 0 Å². The minimum atomic E-state index is -0.553. The Hall–Kier alpha value is -4.78. The molecule has 7 rings (SSSR count). The zero-order chi connectivity index (χ0) is 22.8. The van der Waals surface area contributed by atoms with Crippen molar-refractivity contribution >= 4 is 44.3 Å². The zero-order valence-corrected chi connectivity index (χ0v) is 17.8. The lowest BCUT2D eigenvalue weighted by atomic mass is 9.80. The Kier molecular flexibility index (Phi) is 3.78. The molecule has 1 aliphatic rings. The topological polar surface area (TPSA) is 104 Å². The highest BCUT2D eigenvalue weighted by Crippen LogP contribution is 2.48. The first kappa shape index (κ1) is 18.8. The Morgan fingerprint density at radius 1 is 0.647 bits per heavy atom. The molecule has 3 N–H and O–H groups in total. The lowest BCUT2D eigenvalue weighted by molar-refractivity contribution is 0.893. The summed E-state index contributed by atoms with van der Waals surface area (Å²) in [6.45, 7) is 0. The van der Waals surface area contributed by atoms with Gasteiger partial charge in [0.15, 0.2) is 0 Å². The minimum absolute atomic E-state index is 0.397. The van der Waals surface area contributed by atoms with Crippen molar-refractivity contribution in [2.45, 2.75) is 5.92 Å². The minimum Gasteiger partial charge on any atom is -0.340 e. The third-order valence-electron chi connectivity index (χ3n) is 6.49. The predicted octanol–water partition coefficient (Wildman–Crippen LogP) is 4.55. The van der Waals surface area contributed by atoms with Crippen LogP contribution >= 0.6 is 0 Å². The van der Waals surface area contributed by atoms with Gasteiger partial charge in [0.1, 0.15) is 5.82 Å². The molecular formula is C27H17N5O2. The summed E-state index contributed by atoms with van der Waals surface area (Å²) in [5.74, 6) is -0.0519. The number of benzene rings is 4. The molecule has 0 aliphatic carbocycles. The molecule has 7 nitrogen and oxygen atoms in total. The van der Waals surface area contributed by atoms with Crippen LogP contribution in [0.3, 0.4) is 0 Å². The maximum atomic E-state index is 13.1. The molecule has 0 radical (unpaired) electrons. The van der Waals surface area contributed by atoms with Gasteiger partial charge in [-0.25, -0.2) is 14.8 Å². The van der Waals surface area contributed by atoms with Gasteiger partial charge in [0.2, 0.25) is 0 Å². The lowest BCUT2D eigenvalue weighted by Crippen LogP contribution is -2.32. The smallest absolute Gasteiger partial charge is 0.327 e. The first-order valence-corrected chi connectivity index (χ1v) is 11.0. The molecule has 0 spiro atoms. The third-order valence-corrected chi connectivity index (χ3v) is 6.49. The van der Waals surface area contributed by atoms with Gasteiger partial charge < -0.3 is 5.32 Å². The summed E-state index contributed by atoms with van der Waals surface area (Å²) in [7, 11) is 0. The standard InChI is InChI=1S/C27H17N5O2/c33-26-21-19(14-8-2-1-3-9-14)20-22(30-25(21)31-27(34)32-26)15-10-4-5-11-16(15)23-24(20)29-18-13-7-6-12-17(18)28-23/h1-13,19H,(H3,30,31,32,33,34). The largest absolute Gasteiger partial charge is 0.340 e. The van der Waals surface area contributed by atoms with Gasteiger partial charge in [-0.2, -0.15) is 0 Å². The number of rotatable bonds is 1. The molecule has 162 valence electrons. The highest BCUT2D eigenvalue weighted by atomic mass is 16.2. The Morgan fingerprint density at radius 3 is 2.06 bits per heavy atom. The van der Waals surface area contributed by atoms with Gasteiger partial charge in [0.05, 0.1) is 33.3 Å². The number of para-hydroxylation sites is 2. The van der Waals surface area contributed by atoms with E-state index in [0.717, 1.165) is 49.7 Å². The summed E-state index contributed by atoms with van der Waals surface area (Å²) in [6.07, 6.45) is 0. The van der Waals surface area contributed by atoms with E-state index in [1.54, 1.807) is 0 Å². The van der Waals surface area contributed by atoms with Gasteiger partial charge in [0, 0.05) is 22.3 Å². The molecule has 34 heavy (non-hydrogen) atoms. The number of H-pyrrole nitrogens is 2. The Bertz CT molecular complexity index is 1890. The molecule has 0 fully saturated rings. The Morgan fingerprint density at radius 2 is 1.29 bits per heavy atom. The second-order valence-corrected chi connectivity index (χ2v) is 8.41. The maximum Gasteiger partial charge on any atom is 0.327 e. The van der Waals surface area contributed by atoms with E-state index in [0.29, 0.717) is 11.4 Å². The van der Waals surface area contributed by atoms with Crippen molar-refractivity contribution in [3.63, 3.8) is 0 Å². The van der Waals surface area contributed by atoms with Crippen LogP contribution in [-0.2, 0) is 0 Å². The third kappa shape index (κ3) is 2.58. The first-order chi connectivity index (χ1) is 16.7. The number of fused-ring (bicyclic) bond motifs is 8. The summed E-state index contributed by atoms with van der Waals surface area (Å²) >= 11 is 0. The molecule has 0 amide bonds. The van der Waals surface area contributed by atoms with Crippen LogP contribution in [-0.4, -0.2) is 19.9 Å². The summed E-state index contributed by atoms with van der Waals surface area (Å²) < 4.78 is 0. The fourth-order valence-electron chi connectivity index (χ4n) is 5.08. The van der Waals surface area contributed by atoms with Crippen molar-refractivity contribution < 1.29 is 0 Å². The summed E-state index contributed by atoms with van der Waals surface area (Å²) in [4.78, 5) is 40.6. The van der Waals surface area contributed by atoms with Crippen LogP contribution < -0.4 is 16.6 Å². The molecule has 4 aromatic carbocycles. The second-order valence-electron chi connectivity index (χ2n) is 8.41. The van der Waals surface area contributed by atoms with E-state index in [1.165, 1.54) is 0 Å². The normalized spacial score (nSPS) is 14.6. The number of hydrogen-bond acceptors (Lipinski definition) is 5. The van der Waals surface area contributed by atoms with Crippen LogP contribution in [0.15, 0.2) is 88.5 Å².